The third-order valence-corrected chi connectivity index (χ3v) is 4.26. The molecule has 0 saturated heterocycles. The summed E-state index contributed by atoms with van der Waals surface area (Å²) in [5.74, 6) is -0.00402. The number of rotatable bonds is 3. The van der Waals surface area contributed by atoms with E-state index >= 15 is 0 Å². The van der Waals surface area contributed by atoms with E-state index in [1.54, 1.807) is 0 Å². The number of aromatic nitrogens is 1. The number of fused-ring (bicyclic) bond motifs is 1. The van der Waals surface area contributed by atoms with Crippen LogP contribution < -0.4 is 5.73 Å². The van der Waals surface area contributed by atoms with Crippen molar-refractivity contribution < 1.29 is 4.79 Å². The first-order valence-electron chi connectivity index (χ1n) is 6.42. The van der Waals surface area contributed by atoms with Crippen LogP contribution in [-0.2, 0) is 0 Å². The molecule has 1 amide bonds. The molecule has 0 atom stereocenters. The molecule has 0 aromatic carbocycles. The molecule has 5 heteroatoms. The number of aryl methyl sites for hydroxylation is 1. The van der Waals surface area contributed by atoms with E-state index < -0.39 is 0 Å². The van der Waals surface area contributed by atoms with Gasteiger partial charge in [0.1, 0.15) is 9.71 Å². The zero-order valence-corrected chi connectivity index (χ0v) is 12.5. The van der Waals surface area contributed by atoms with Gasteiger partial charge in [-0.25, -0.2) is 4.98 Å². The Balaban J connectivity index is 2.51. The fourth-order valence-corrected chi connectivity index (χ4v) is 3.22. The molecule has 2 N–H and O–H groups in total. The number of carbonyl (C=O) groups is 1. The standard InChI is InChI=1S/C14H19N3OS/c1-5-17(8(2)3)14(18)12-11(15)10-7-6-9(4)16-13(10)19-12/h6-8H,5,15H2,1-4H3. The molecule has 0 aliphatic heterocycles. The van der Waals surface area contributed by atoms with E-state index in [-0.39, 0.29) is 11.9 Å². The average molecular weight is 277 g/mol. The van der Waals surface area contributed by atoms with Gasteiger partial charge >= 0.3 is 0 Å². The molecular formula is C14H19N3OS. The van der Waals surface area contributed by atoms with Gasteiger partial charge in [-0.1, -0.05) is 0 Å². The first-order valence-corrected chi connectivity index (χ1v) is 7.24. The van der Waals surface area contributed by atoms with Crippen LogP contribution in [0, 0.1) is 6.92 Å². The lowest BCUT2D eigenvalue weighted by atomic mass is 10.2. The second-order valence-electron chi connectivity index (χ2n) is 4.84. The van der Waals surface area contributed by atoms with Crippen LogP contribution in [0.4, 0.5) is 5.69 Å². The highest BCUT2D eigenvalue weighted by Crippen LogP contribution is 2.33. The monoisotopic (exact) mass is 277 g/mol. The van der Waals surface area contributed by atoms with Gasteiger partial charge in [-0.05, 0) is 39.8 Å². The molecule has 2 aromatic heterocycles. The summed E-state index contributed by atoms with van der Waals surface area (Å²) >= 11 is 1.38. The van der Waals surface area contributed by atoms with Gasteiger partial charge in [0.15, 0.2) is 0 Å². The van der Waals surface area contributed by atoms with Crippen molar-refractivity contribution in [2.75, 3.05) is 12.3 Å². The summed E-state index contributed by atoms with van der Waals surface area (Å²) in [5.41, 5.74) is 7.59. The van der Waals surface area contributed by atoms with Crippen LogP contribution >= 0.6 is 11.3 Å². The quantitative estimate of drug-likeness (QED) is 0.938. The van der Waals surface area contributed by atoms with Crippen molar-refractivity contribution in [3.8, 4) is 0 Å². The molecule has 2 aromatic rings. The van der Waals surface area contributed by atoms with E-state index in [1.807, 2.05) is 44.7 Å². The molecule has 0 unspecified atom stereocenters. The molecule has 0 saturated carbocycles. The summed E-state index contributed by atoms with van der Waals surface area (Å²) in [4.78, 5) is 20.2. The van der Waals surface area contributed by atoms with Crippen molar-refractivity contribution in [1.29, 1.82) is 0 Å². The Labute approximate surface area is 117 Å². The molecule has 102 valence electrons. The minimum atomic E-state index is -0.00402. The van der Waals surface area contributed by atoms with Crippen LogP contribution in [0.25, 0.3) is 10.2 Å². The molecule has 2 rings (SSSR count). The molecule has 0 fully saturated rings. The largest absolute Gasteiger partial charge is 0.397 e. The second-order valence-corrected chi connectivity index (χ2v) is 5.83. The van der Waals surface area contributed by atoms with Crippen LogP contribution in [0.3, 0.4) is 0 Å². The predicted molar refractivity (Wildman–Crippen MR) is 80.6 cm³/mol. The lowest BCUT2D eigenvalue weighted by molar-refractivity contribution is 0.0723. The maximum Gasteiger partial charge on any atom is 0.266 e. The third kappa shape index (κ3) is 2.42. The number of hydrogen-bond acceptors (Lipinski definition) is 4. The number of nitrogen functional groups attached to an aromatic ring is 1. The second kappa shape index (κ2) is 5.17. The molecule has 0 aliphatic rings. The first kappa shape index (κ1) is 13.8. The van der Waals surface area contributed by atoms with Crippen LogP contribution in [-0.4, -0.2) is 28.4 Å². The third-order valence-electron chi connectivity index (χ3n) is 3.15. The van der Waals surface area contributed by atoms with E-state index in [9.17, 15) is 4.79 Å². The Morgan fingerprint density at radius 2 is 2.16 bits per heavy atom. The number of anilines is 1. The summed E-state index contributed by atoms with van der Waals surface area (Å²) in [5, 5.41) is 0.874. The Kier molecular flexibility index (Phi) is 3.75. The number of thiophene rings is 1. The molecule has 19 heavy (non-hydrogen) atoms. The van der Waals surface area contributed by atoms with Crippen LogP contribution in [0.2, 0.25) is 0 Å². The summed E-state index contributed by atoms with van der Waals surface area (Å²) in [6.07, 6.45) is 0. The van der Waals surface area contributed by atoms with E-state index in [1.165, 1.54) is 11.3 Å². The van der Waals surface area contributed by atoms with E-state index in [0.717, 1.165) is 15.9 Å². The number of nitrogens with zero attached hydrogens (tertiary/aromatic N) is 2. The molecule has 4 nitrogen and oxygen atoms in total. The van der Waals surface area contributed by atoms with Gasteiger partial charge in [-0.15, -0.1) is 11.3 Å². The minimum Gasteiger partial charge on any atom is -0.397 e. The fraction of sp³-hybridized carbons (Fsp3) is 0.429. The predicted octanol–water partition coefficient (Wildman–Crippen LogP) is 3.06. The SMILES string of the molecule is CCN(C(=O)c1sc2nc(C)ccc2c1N)C(C)C. The van der Waals surface area contributed by atoms with Gasteiger partial charge in [0, 0.05) is 23.7 Å². The van der Waals surface area contributed by atoms with Gasteiger partial charge in [0.2, 0.25) is 0 Å². The first-order chi connectivity index (χ1) is 8.95. The Bertz CT molecular complexity index is 618. The van der Waals surface area contributed by atoms with Crippen molar-refractivity contribution in [2.24, 2.45) is 0 Å². The summed E-state index contributed by atoms with van der Waals surface area (Å²) in [6.45, 7) is 8.60. The zero-order chi connectivity index (χ0) is 14.2. The molecule has 0 aliphatic carbocycles. The Morgan fingerprint density at radius 3 is 2.74 bits per heavy atom. The number of pyridine rings is 1. The van der Waals surface area contributed by atoms with Gasteiger partial charge < -0.3 is 10.6 Å². The topological polar surface area (TPSA) is 59.2 Å². The van der Waals surface area contributed by atoms with Gasteiger partial charge in [0.25, 0.3) is 5.91 Å². The highest BCUT2D eigenvalue weighted by atomic mass is 32.1. The summed E-state index contributed by atoms with van der Waals surface area (Å²) in [7, 11) is 0. The number of amides is 1. The van der Waals surface area contributed by atoms with Crippen LogP contribution in [0.1, 0.15) is 36.1 Å². The zero-order valence-electron chi connectivity index (χ0n) is 11.7. The highest BCUT2D eigenvalue weighted by Gasteiger charge is 2.23. The van der Waals surface area contributed by atoms with Gasteiger partial charge in [-0.3, -0.25) is 4.79 Å². The molecule has 2 heterocycles. The maximum absolute atomic E-state index is 12.5. The minimum absolute atomic E-state index is 0.00402. The van der Waals surface area contributed by atoms with Crippen LogP contribution in [0.5, 0.6) is 0 Å². The number of hydrogen-bond donors (Lipinski definition) is 1. The summed E-state index contributed by atoms with van der Waals surface area (Å²) < 4.78 is 0. The lowest BCUT2D eigenvalue weighted by Crippen LogP contribution is -2.36. The van der Waals surface area contributed by atoms with Crippen molar-refractivity contribution in [3.63, 3.8) is 0 Å². The Hall–Kier alpha value is -1.62. The molecule has 0 bridgehead atoms. The maximum atomic E-state index is 12.5. The molecular weight excluding hydrogens is 258 g/mol. The normalized spacial score (nSPS) is 11.2. The highest BCUT2D eigenvalue weighted by molar-refractivity contribution is 7.21. The summed E-state index contributed by atoms with van der Waals surface area (Å²) in [6, 6.07) is 4.02. The lowest BCUT2D eigenvalue weighted by Gasteiger charge is -2.24. The Morgan fingerprint density at radius 1 is 1.47 bits per heavy atom. The van der Waals surface area contributed by atoms with Gasteiger partial charge in [0.05, 0.1) is 5.69 Å². The number of carbonyl (C=O) groups excluding carboxylic acids is 1. The van der Waals surface area contributed by atoms with E-state index in [0.29, 0.717) is 17.1 Å². The number of nitrogens with two attached hydrogens (primary N) is 1. The fourth-order valence-electron chi connectivity index (χ4n) is 2.12. The average Bonchev–Trinajstić information content (AvgIpc) is 2.66. The van der Waals surface area contributed by atoms with Crippen molar-refractivity contribution in [1.82, 2.24) is 9.88 Å². The van der Waals surface area contributed by atoms with Crippen molar-refractivity contribution in [3.05, 3.63) is 22.7 Å². The van der Waals surface area contributed by atoms with Crippen LogP contribution in [0.15, 0.2) is 12.1 Å². The molecule has 0 spiro atoms. The smallest absolute Gasteiger partial charge is 0.266 e. The van der Waals surface area contributed by atoms with E-state index in [2.05, 4.69) is 4.98 Å². The van der Waals surface area contributed by atoms with Crippen molar-refractivity contribution in [2.45, 2.75) is 33.7 Å². The van der Waals surface area contributed by atoms with E-state index in [4.69, 9.17) is 5.73 Å². The van der Waals surface area contributed by atoms with Crippen molar-refractivity contribution >= 4 is 33.1 Å². The molecule has 0 radical (unpaired) electrons. The van der Waals surface area contributed by atoms with Gasteiger partial charge in [-0.2, -0.15) is 0 Å².